The number of nitrogens with zero attached hydrogens (tertiary/aromatic N) is 1. The van der Waals surface area contributed by atoms with Gasteiger partial charge in [0.1, 0.15) is 5.75 Å². The molecule has 5 heteroatoms. The molecule has 2 rings (SSSR count). The van der Waals surface area contributed by atoms with Gasteiger partial charge in [0.15, 0.2) is 0 Å². The van der Waals surface area contributed by atoms with Gasteiger partial charge in [-0.05, 0) is 47.4 Å². The Morgan fingerprint density at radius 3 is 2.84 bits per heavy atom. The topological polar surface area (TPSA) is 12.5 Å². The van der Waals surface area contributed by atoms with Gasteiger partial charge in [0.2, 0.25) is 0 Å². The summed E-state index contributed by atoms with van der Waals surface area (Å²) in [6.45, 7) is 1.87. The monoisotopic (exact) mass is 333 g/mol. The maximum absolute atomic E-state index is 13.2. The highest BCUT2D eigenvalue weighted by Crippen LogP contribution is 2.27. The molecule has 0 aromatic heterocycles. The van der Waals surface area contributed by atoms with Crippen molar-refractivity contribution in [3.8, 4) is 5.75 Å². The van der Waals surface area contributed by atoms with Crippen molar-refractivity contribution in [3.63, 3.8) is 0 Å². The van der Waals surface area contributed by atoms with Crippen molar-refractivity contribution < 1.29 is 13.5 Å². The van der Waals surface area contributed by atoms with Gasteiger partial charge in [-0.25, -0.2) is 8.78 Å². The Morgan fingerprint density at radius 2 is 2.11 bits per heavy atom. The Bertz CT molecular complexity index is 414. The summed E-state index contributed by atoms with van der Waals surface area (Å²) in [6, 6.07) is 7.64. The Labute approximate surface area is 120 Å². The van der Waals surface area contributed by atoms with Crippen LogP contribution in [-0.2, 0) is 0 Å². The second-order valence-corrected chi connectivity index (χ2v) is 5.72. The smallest absolute Gasteiger partial charge is 0.260 e. The minimum absolute atomic E-state index is 0.0248. The van der Waals surface area contributed by atoms with Gasteiger partial charge < -0.3 is 4.74 Å². The molecule has 0 amide bonds. The first-order valence-electron chi connectivity index (χ1n) is 6.54. The third-order valence-electron chi connectivity index (χ3n) is 3.18. The molecule has 0 N–H and O–H groups in total. The molecule has 0 unspecified atom stereocenters. The van der Waals surface area contributed by atoms with Crippen LogP contribution in [0.15, 0.2) is 28.7 Å². The maximum Gasteiger partial charge on any atom is 0.260 e. The van der Waals surface area contributed by atoms with Crippen LogP contribution in [0, 0.1) is 0 Å². The van der Waals surface area contributed by atoms with Crippen molar-refractivity contribution >= 4 is 15.9 Å². The largest absolute Gasteiger partial charge is 0.492 e. The number of likely N-dealkylation sites (tertiary alicyclic amines) is 1. The number of halogens is 3. The van der Waals surface area contributed by atoms with Crippen LogP contribution in [0.4, 0.5) is 8.78 Å². The average molecular weight is 334 g/mol. The molecule has 0 saturated carbocycles. The van der Waals surface area contributed by atoms with Crippen LogP contribution in [0.3, 0.4) is 0 Å². The third-order valence-corrected chi connectivity index (χ3v) is 3.84. The first-order valence-corrected chi connectivity index (χ1v) is 7.34. The Morgan fingerprint density at radius 1 is 1.32 bits per heavy atom. The number of hydrogen-bond donors (Lipinski definition) is 0. The molecule has 106 valence electrons. The number of ether oxygens (including phenoxy) is 1. The van der Waals surface area contributed by atoms with Crippen molar-refractivity contribution in [2.75, 3.05) is 26.2 Å². The summed E-state index contributed by atoms with van der Waals surface area (Å²) in [7, 11) is 0. The van der Waals surface area contributed by atoms with E-state index in [0.717, 1.165) is 23.2 Å². The summed E-state index contributed by atoms with van der Waals surface area (Å²) in [4.78, 5) is 1.83. The zero-order chi connectivity index (χ0) is 13.7. The Balaban J connectivity index is 1.68. The van der Waals surface area contributed by atoms with E-state index in [0.29, 0.717) is 19.6 Å². The van der Waals surface area contributed by atoms with Gasteiger partial charge in [0.25, 0.3) is 5.92 Å². The van der Waals surface area contributed by atoms with Gasteiger partial charge in [0.05, 0.1) is 17.6 Å². The molecule has 2 nitrogen and oxygen atoms in total. The first-order chi connectivity index (χ1) is 9.07. The second-order valence-electron chi connectivity index (χ2n) is 4.87. The standard InChI is InChI=1S/C14H18BrF2NO/c15-12-5-1-2-6-13(12)19-10-4-9-18-8-3-7-14(16,17)11-18/h1-2,5-6H,3-4,7-11H2. The van der Waals surface area contributed by atoms with E-state index >= 15 is 0 Å². The number of alkyl halides is 2. The van der Waals surface area contributed by atoms with Gasteiger partial charge in [-0.2, -0.15) is 0 Å². The van der Waals surface area contributed by atoms with Crippen LogP contribution in [0.2, 0.25) is 0 Å². The third kappa shape index (κ3) is 4.73. The molecule has 0 atom stereocenters. The lowest BCUT2D eigenvalue weighted by molar-refractivity contribution is -0.0644. The SMILES string of the molecule is FC1(F)CCCN(CCCOc2ccccc2Br)C1. The van der Waals surface area contributed by atoms with Crippen molar-refractivity contribution in [3.05, 3.63) is 28.7 Å². The fourth-order valence-corrected chi connectivity index (χ4v) is 2.67. The molecule has 0 bridgehead atoms. The summed E-state index contributed by atoms with van der Waals surface area (Å²) in [5, 5.41) is 0. The van der Waals surface area contributed by atoms with Gasteiger partial charge in [0, 0.05) is 13.0 Å². The summed E-state index contributed by atoms with van der Waals surface area (Å²) in [6.07, 6.45) is 1.37. The van der Waals surface area contributed by atoms with E-state index in [-0.39, 0.29) is 13.0 Å². The molecule has 0 radical (unpaired) electrons. The van der Waals surface area contributed by atoms with Gasteiger partial charge in [-0.15, -0.1) is 0 Å². The Hall–Kier alpha value is -0.680. The van der Waals surface area contributed by atoms with Crippen LogP contribution in [0.5, 0.6) is 5.75 Å². The lowest BCUT2D eigenvalue weighted by Crippen LogP contribution is -2.43. The molecule has 1 aliphatic rings. The molecule has 1 fully saturated rings. The lowest BCUT2D eigenvalue weighted by atomic mass is 10.1. The van der Waals surface area contributed by atoms with Gasteiger partial charge >= 0.3 is 0 Å². The number of para-hydroxylation sites is 1. The summed E-state index contributed by atoms with van der Waals surface area (Å²) in [5.41, 5.74) is 0. The van der Waals surface area contributed by atoms with E-state index in [4.69, 9.17) is 4.74 Å². The molecule has 1 aromatic carbocycles. The molecule has 1 aliphatic heterocycles. The molecule has 0 aliphatic carbocycles. The molecule has 19 heavy (non-hydrogen) atoms. The van der Waals surface area contributed by atoms with Crippen LogP contribution >= 0.6 is 15.9 Å². The average Bonchev–Trinajstić information content (AvgIpc) is 2.35. The van der Waals surface area contributed by atoms with Crippen molar-refractivity contribution in [2.24, 2.45) is 0 Å². The van der Waals surface area contributed by atoms with E-state index in [9.17, 15) is 8.78 Å². The fraction of sp³-hybridized carbons (Fsp3) is 0.571. The molecular formula is C14H18BrF2NO. The van der Waals surface area contributed by atoms with Crippen LogP contribution in [0.1, 0.15) is 19.3 Å². The molecule has 1 saturated heterocycles. The van der Waals surface area contributed by atoms with Gasteiger partial charge in [-0.1, -0.05) is 12.1 Å². The van der Waals surface area contributed by atoms with Crippen LogP contribution in [-0.4, -0.2) is 37.1 Å². The molecule has 1 heterocycles. The van der Waals surface area contributed by atoms with Crippen LogP contribution < -0.4 is 4.74 Å². The Kier molecular flexibility index (Phi) is 5.16. The first kappa shape index (κ1) is 14.7. The fourth-order valence-electron chi connectivity index (χ4n) is 2.27. The van der Waals surface area contributed by atoms with Crippen molar-refractivity contribution in [2.45, 2.75) is 25.2 Å². The molecule has 1 aromatic rings. The van der Waals surface area contributed by atoms with E-state index in [1.807, 2.05) is 29.2 Å². The summed E-state index contributed by atoms with van der Waals surface area (Å²) >= 11 is 3.41. The summed E-state index contributed by atoms with van der Waals surface area (Å²) < 4.78 is 32.9. The number of benzene rings is 1. The van der Waals surface area contributed by atoms with E-state index in [1.165, 1.54) is 0 Å². The zero-order valence-corrected chi connectivity index (χ0v) is 12.3. The normalized spacial score (nSPS) is 19.3. The zero-order valence-electron chi connectivity index (χ0n) is 10.7. The minimum Gasteiger partial charge on any atom is -0.492 e. The highest BCUT2D eigenvalue weighted by Gasteiger charge is 2.34. The molecular weight excluding hydrogens is 316 g/mol. The predicted molar refractivity (Wildman–Crippen MR) is 74.9 cm³/mol. The number of hydrogen-bond acceptors (Lipinski definition) is 2. The number of piperidine rings is 1. The lowest BCUT2D eigenvalue weighted by Gasteiger charge is -2.32. The minimum atomic E-state index is -2.51. The maximum atomic E-state index is 13.2. The molecule has 0 spiro atoms. The predicted octanol–water partition coefficient (Wildman–Crippen LogP) is 3.95. The quantitative estimate of drug-likeness (QED) is 0.756. The highest BCUT2D eigenvalue weighted by atomic mass is 79.9. The number of rotatable bonds is 5. The van der Waals surface area contributed by atoms with Gasteiger partial charge in [-0.3, -0.25) is 4.90 Å². The van der Waals surface area contributed by atoms with E-state index in [2.05, 4.69) is 15.9 Å². The highest BCUT2D eigenvalue weighted by molar-refractivity contribution is 9.10. The van der Waals surface area contributed by atoms with Crippen molar-refractivity contribution in [1.29, 1.82) is 0 Å². The summed E-state index contributed by atoms with van der Waals surface area (Å²) in [5.74, 6) is -1.71. The van der Waals surface area contributed by atoms with E-state index < -0.39 is 5.92 Å². The second kappa shape index (κ2) is 6.66. The van der Waals surface area contributed by atoms with Crippen molar-refractivity contribution in [1.82, 2.24) is 4.90 Å². The van der Waals surface area contributed by atoms with E-state index in [1.54, 1.807) is 0 Å². The van der Waals surface area contributed by atoms with Crippen LogP contribution in [0.25, 0.3) is 0 Å².